The molecular weight excluding hydrogens is 376 g/mol. The predicted octanol–water partition coefficient (Wildman–Crippen LogP) is 4.92. The summed E-state index contributed by atoms with van der Waals surface area (Å²) >= 11 is 6.09. The normalized spacial score (nSPS) is 10.1. The van der Waals surface area contributed by atoms with Crippen LogP contribution < -0.4 is 15.4 Å². The molecule has 1 aromatic heterocycles. The number of halogens is 1. The van der Waals surface area contributed by atoms with E-state index in [0.29, 0.717) is 33.4 Å². The molecule has 1 heterocycles. The zero-order chi connectivity index (χ0) is 20.1. The molecule has 0 unspecified atom stereocenters. The van der Waals surface area contributed by atoms with Crippen LogP contribution in [-0.2, 0) is 0 Å². The number of aryl methyl sites for hydroxylation is 1. The van der Waals surface area contributed by atoms with Crippen LogP contribution in [0.1, 0.15) is 21.6 Å². The molecule has 28 heavy (non-hydrogen) atoms. The summed E-state index contributed by atoms with van der Waals surface area (Å²) in [5.41, 5.74) is 3.44. The number of methoxy groups -OCH3 is 1. The maximum Gasteiger partial charge on any atom is 0.274 e. The number of para-hydroxylation sites is 1. The van der Waals surface area contributed by atoms with E-state index >= 15 is 0 Å². The molecule has 6 nitrogen and oxygen atoms in total. The van der Waals surface area contributed by atoms with E-state index in [9.17, 15) is 4.79 Å². The Balaban J connectivity index is 1.76. The van der Waals surface area contributed by atoms with Gasteiger partial charge in [-0.3, -0.25) is 4.79 Å². The lowest BCUT2D eigenvalue weighted by atomic mass is 10.2. The Hall–Kier alpha value is -3.56. The number of hydrogen-bond acceptors (Lipinski definition) is 5. The highest BCUT2D eigenvalue weighted by atomic mass is 35.5. The van der Waals surface area contributed by atoms with Crippen molar-refractivity contribution in [1.82, 2.24) is 4.98 Å². The molecule has 0 saturated heterocycles. The Morgan fingerprint density at radius 2 is 1.96 bits per heavy atom. The van der Waals surface area contributed by atoms with Gasteiger partial charge in [-0.2, -0.15) is 5.26 Å². The number of ether oxygens (including phenoxy) is 1. The number of nitriles is 1. The average Bonchev–Trinajstić information content (AvgIpc) is 2.71. The van der Waals surface area contributed by atoms with E-state index < -0.39 is 0 Å². The van der Waals surface area contributed by atoms with Gasteiger partial charge >= 0.3 is 0 Å². The zero-order valence-corrected chi connectivity index (χ0v) is 16.0. The molecule has 3 rings (SSSR count). The van der Waals surface area contributed by atoms with Crippen LogP contribution in [0.2, 0.25) is 5.02 Å². The van der Waals surface area contributed by atoms with Gasteiger partial charge in [-0.25, -0.2) is 4.98 Å². The van der Waals surface area contributed by atoms with Crippen LogP contribution in [0, 0.1) is 18.3 Å². The summed E-state index contributed by atoms with van der Waals surface area (Å²) in [7, 11) is 1.51. The fourth-order valence-electron chi connectivity index (χ4n) is 2.56. The van der Waals surface area contributed by atoms with E-state index in [1.165, 1.54) is 13.3 Å². The fraction of sp³-hybridized carbons (Fsp3) is 0.0952. The number of amides is 1. The highest BCUT2D eigenvalue weighted by Crippen LogP contribution is 2.31. The number of rotatable bonds is 5. The van der Waals surface area contributed by atoms with E-state index in [4.69, 9.17) is 21.6 Å². The third-order valence-electron chi connectivity index (χ3n) is 4.05. The van der Waals surface area contributed by atoms with Crippen LogP contribution in [0.4, 0.5) is 17.1 Å². The van der Waals surface area contributed by atoms with Crippen LogP contribution in [0.5, 0.6) is 5.75 Å². The van der Waals surface area contributed by atoms with Gasteiger partial charge in [0.1, 0.15) is 17.5 Å². The van der Waals surface area contributed by atoms with E-state index in [-0.39, 0.29) is 11.6 Å². The number of carbonyl (C=O) groups is 1. The third-order valence-corrected chi connectivity index (χ3v) is 4.46. The number of benzene rings is 2. The second-order valence-electron chi connectivity index (χ2n) is 5.97. The second kappa shape index (κ2) is 8.42. The first-order valence-corrected chi connectivity index (χ1v) is 8.77. The van der Waals surface area contributed by atoms with Gasteiger partial charge in [0.25, 0.3) is 5.91 Å². The molecule has 0 aliphatic rings. The summed E-state index contributed by atoms with van der Waals surface area (Å²) in [6, 6.07) is 16.0. The van der Waals surface area contributed by atoms with Crippen molar-refractivity contribution in [3.05, 3.63) is 76.6 Å². The van der Waals surface area contributed by atoms with Gasteiger partial charge < -0.3 is 15.4 Å². The van der Waals surface area contributed by atoms with Crippen LogP contribution in [0.25, 0.3) is 0 Å². The summed E-state index contributed by atoms with van der Waals surface area (Å²) in [6.07, 6.45) is 1.54. The lowest BCUT2D eigenvalue weighted by Crippen LogP contribution is -2.14. The van der Waals surface area contributed by atoms with E-state index in [0.717, 1.165) is 5.56 Å². The number of aromatic nitrogens is 1. The van der Waals surface area contributed by atoms with Crippen LogP contribution in [0.3, 0.4) is 0 Å². The Labute approximate surface area is 167 Å². The molecule has 0 bridgehead atoms. The molecule has 1 amide bonds. The maximum absolute atomic E-state index is 12.5. The van der Waals surface area contributed by atoms with Crippen molar-refractivity contribution in [2.75, 3.05) is 17.7 Å². The molecular formula is C21H17ClN4O2. The van der Waals surface area contributed by atoms with Crippen molar-refractivity contribution in [2.45, 2.75) is 6.92 Å². The summed E-state index contributed by atoms with van der Waals surface area (Å²) < 4.78 is 5.27. The summed E-state index contributed by atoms with van der Waals surface area (Å²) in [4.78, 5) is 16.7. The molecule has 0 radical (unpaired) electrons. The minimum Gasteiger partial charge on any atom is -0.495 e. The SMILES string of the molecule is COc1cc(Cl)c(C)cc1NC(=O)c1ccc(Nc2ccccc2C#N)cn1. The number of nitrogens with one attached hydrogen (secondary N) is 2. The van der Waals surface area contributed by atoms with Crippen molar-refractivity contribution in [1.29, 1.82) is 5.26 Å². The quantitative estimate of drug-likeness (QED) is 0.643. The van der Waals surface area contributed by atoms with Gasteiger partial charge in [0, 0.05) is 11.1 Å². The van der Waals surface area contributed by atoms with Crippen molar-refractivity contribution in [3.63, 3.8) is 0 Å². The van der Waals surface area contributed by atoms with Crippen LogP contribution in [-0.4, -0.2) is 18.0 Å². The summed E-state index contributed by atoms with van der Waals surface area (Å²) in [6.45, 7) is 1.84. The van der Waals surface area contributed by atoms with E-state index in [1.807, 2.05) is 13.0 Å². The molecule has 0 aliphatic heterocycles. The van der Waals surface area contributed by atoms with Gasteiger partial charge in [0.15, 0.2) is 0 Å². The van der Waals surface area contributed by atoms with E-state index in [1.54, 1.807) is 42.5 Å². The van der Waals surface area contributed by atoms with Crippen molar-refractivity contribution >= 4 is 34.6 Å². The molecule has 140 valence electrons. The zero-order valence-electron chi connectivity index (χ0n) is 15.3. The van der Waals surface area contributed by atoms with Gasteiger partial charge in [0.2, 0.25) is 0 Å². The number of hydrogen-bond donors (Lipinski definition) is 2. The molecule has 7 heteroatoms. The molecule has 0 spiro atoms. The molecule has 2 N–H and O–H groups in total. The Morgan fingerprint density at radius 1 is 1.18 bits per heavy atom. The molecule has 0 fully saturated rings. The molecule has 0 aliphatic carbocycles. The predicted molar refractivity (Wildman–Crippen MR) is 109 cm³/mol. The highest BCUT2D eigenvalue weighted by Gasteiger charge is 2.13. The van der Waals surface area contributed by atoms with E-state index in [2.05, 4.69) is 21.7 Å². The standard InChI is InChI=1S/C21H17ClN4O2/c1-13-9-19(20(28-2)10-16(13)22)26-21(27)18-8-7-15(12-24-18)25-17-6-4-3-5-14(17)11-23/h3-10,12,25H,1-2H3,(H,26,27). The fourth-order valence-corrected chi connectivity index (χ4v) is 2.72. The lowest BCUT2D eigenvalue weighted by Gasteiger charge is -2.12. The molecule has 0 atom stereocenters. The summed E-state index contributed by atoms with van der Waals surface area (Å²) in [5.74, 6) is 0.0966. The Morgan fingerprint density at radius 3 is 2.64 bits per heavy atom. The van der Waals surface area contributed by atoms with Gasteiger partial charge in [-0.15, -0.1) is 0 Å². The second-order valence-corrected chi connectivity index (χ2v) is 6.38. The Kier molecular flexibility index (Phi) is 5.78. The Bertz CT molecular complexity index is 1060. The number of anilines is 3. The largest absolute Gasteiger partial charge is 0.495 e. The topological polar surface area (TPSA) is 87.0 Å². The summed E-state index contributed by atoms with van der Waals surface area (Å²) in [5, 5.41) is 15.6. The van der Waals surface area contributed by atoms with Gasteiger partial charge in [-0.1, -0.05) is 23.7 Å². The van der Waals surface area contributed by atoms with Gasteiger partial charge in [0.05, 0.1) is 35.9 Å². The van der Waals surface area contributed by atoms with Crippen molar-refractivity contribution in [2.24, 2.45) is 0 Å². The van der Waals surface area contributed by atoms with Crippen molar-refractivity contribution in [3.8, 4) is 11.8 Å². The number of pyridine rings is 1. The third kappa shape index (κ3) is 4.22. The minimum atomic E-state index is -0.371. The smallest absolute Gasteiger partial charge is 0.274 e. The maximum atomic E-state index is 12.5. The molecule has 0 saturated carbocycles. The van der Waals surface area contributed by atoms with Gasteiger partial charge in [-0.05, 0) is 42.8 Å². The van der Waals surface area contributed by atoms with Crippen molar-refractivity contribution < 1.29 is 9.53 Å². The number of carbonyl (C=O) groups excluding carboxylic acids is 1. The number of nitrogens with zero attached hydrogens (tertiary/aromatic N) is 2. The average molecular weight is 393 g/mol. The first-order chi connectivity index (χ1) is 13.5. The monoisotopic (exact) mass is 392 g/mol. The first-order valence-electron chi connectivity index (χ1n) is 8.39. The first kappa shape index (κ1) is 19.2. The molecule has 3 aromatic rings. The minimum absolute atomic E-state index is 0.244. The molecule has 2 aromatic carbocycles. The van der Waals surface area contributed by atoms with Crippen LogP contribution >= 0.6 is 11.6 Å². The highest BCUT2D eigenvalue weighted by molar-refractivity contribution is 6.31. The van der Waals surface area contributed by atoms with Crippen LogP contribution in [0.15, 0.2) is 54.7 Å². The lowest BCUT2D eigenvalue weighted by molar-refractivity contribution is 0.102.